The molecule has 2 N–H and O–H groups in total. The molecular formula is C18H23N4O3+. The van der Waals surface area contributed by atoms with Gasteiger partial charge in [-0.05, 0) is 25.1 Å². The summed E-state index contributed by atoms with van der Waals surface area (Å²) in [6.07, 6.45) is 4.12. The van der Waals surface area contributed by atoms with Crippen LogP contribution in [0.5, 0.6) is 0 Å². The van der Waals surface area contributed by atoms with Crippen molar-refractivity contribution in [1.29, 1.82) is 0 Å². The molecule has 0 radical (unpaired) electrons. The maximum Gasteiger partial charge on any atom is 0.292 e. The third kappa shape index (κ3) is 3.41. The number of quaternary nitrogens is 1. The molecule has 1 aromatic carbocycles. The molecule has 7 nitrogen and oxygen atoms in total. The van der Waals surface area contributed by atoms with Gasteiger partial charge < -0.3 is 14.8 Å². The second-order valence-electron chi connectivity index (χ2n) is 6.55. The molecule has 3 rings (SSSR count). The van der Waals surface area contributed by atoms with Gasteiger partial charge in [0.15, 0.2) is 6.04 Å². The first-order valence-corrected chi connectivity index (χ1v) is 8.50. The van der Waals surface area contributed by atoms with E-state index in [4.69, 9.17) is 0 Å². The Labute approximate surface area is 146 Å². The maximum atomic E-state index is 12.7. The molecule has 1 unspecified atom stereocenters. The van der Waals surface area contributed by atoms with Crippen LogP contribution in [0.4, 0.5) is 11.4 Å². The predicted octanol–water partition coefficient (Wildman–Crippen LogP) is 1.68. The third-order valence-corrected chi connectivity index (χ3v) is 5.05. The van der Waals surface area contributed by atoms with Crippen LogP contribution in [-0.4, -0.2) is 28.0 Å². The van der Waals surface area contributed by atoms with Crippen molar-refractivity contribution in [3.63, 3.8) is 0 Å². The molecule has 0 saturated carbocycles. The molecule has 0 spiro atoms. The first kappa shape index (κ1) is 17.2. The molecule has 132 valence electrons. The lowest BCUT2D eigenvalue weighted by atomic mass is 10.1. The Kier molecular flexibility index (Phi) is 4.85. The molecule has 3 atom stereocenters. The van der Waals surface area contributed by atoms with E-state index in [1.807, 2.05) is 26.2 Å². The lowest BCUT2D eigenvalue weighted by molar-refractivity contribution is -0.932. The van der Waals surface area contributed by atoms with E-state index < -0.39 is 4.92 Å². The topological polar surface area (TPSA) is 81.6 Å². The zero-order valence-electron chi connectivity index (χ0n) is 14.4. The Morgan fingerprint density at radius 3 is 2.80 bits per heavy atom. The summed E-state index contributed by atoms with van der Waals surface area (Å²) in [5.41, 5.74) is 1.38. The standard InChI is InChI=1S/C18H22N4O3/c1-13(18(23)19-14-7-3-4-8-15(14)22(24)25)21-12-6-10-17(21)16-9-5-11-20(16)2/h3-5,7-9,11,13,17H,6,10,12H2,1-2H3,(H,19,23)/p+1/t13-,17-/m1/s1. The summed E-state index contributed by atoms with van der Waals surface area (Å²) < 4.78 is 2.10. The van der Waals surface area contributed by atoms with Crippen LogP contribution in [0.25, 0.3) is 0 Å². The van der Waals surface area contributed by atoms with Crippen LogP contribution in [0.15, 0.2) is 42.6 Å². The minimum absolute atomic E-state index is 0.0848. The number of carbonyl (C=O) groups excluding carboxylic acids is 1. The van der Waals surface area contributed by atoms with Crippen LogP contribution in [0.3, 0.4) is 0 Å². The monoisotopic (exact) mass is 343 g/mol. The SMILES string of the molecule is C[C@H](C(=O)Nc1ccccc1[N+](=O)[O-])[NH+]1CCC[C@@H]1c1cccn1C. The van der Waals surface area contributed by atoms with Gasteiger partial charge in [-0.25, -0.2) is 0 Å². The normalized spacial score (nSPS) is 21.0. The van der Waals surface area contributed by atoms with Crippen molar-refractivity contribution < 1.29 is 14.6 Å². The number of nitro groups is 1. The summed E-state index contributed by atoms with van der Waals surface area (Å²) >= 11 is 0. The first-order chi connectivity index (χ1) is 12.0. The van der Waals surface area contributed by atoms with Gasteiger partial charge in [0.1, 0.15) is 11.7 Å². The van der Waals surface area contributed by atoms with E-state index in [9.17, 15) is 14.9 Å². The molecule has 1 aliphatic heterocycles. The van der Waals surface area contributed by atoms with Crippen LogP contribution < -0.4 is 10.2 Å². The summed E-state index contributed by atoms with van der Waals surface area (Å²) in [5, 5.41) is 13.9. The molecular weight excluding hydrogens is 320 g/mol. The van der Waals surface area contributed by atoms with Crippen molar-refractivity contribution in [1.82, 2.24) is 4.57 Å². The molecule has 1 amide bonds. The average molecular weight is 343 g/mol. The largest absolute Gasteiger partial charge is 0.350 e. The van der Waals surface area contributed by atoms with Crippen LogP contribution in [-0.2, 0) is 11.8 Å². The Hall–Kier alpha value is -2.67. The number of nitro benzene ring substituents is 1. The summed E-state index contributed by atoms with van der Waals surface area (Å²) in [7, 11) is 2.02. The number of nitrogens with zero attached hydrogens (tertiary/aromatic N) is 2. The number of benzene rings is 1. The molecule has 25 heavy (non-hydrogen) atoms. The highest BCUT2D eigenvalue weighted by molar-refractivity contribution is 5.95. The highest BCUT2D eigenvalue weighted by atomic mass is 16.6. The Morgan fingerprint density at radius 2 is 2.12 bits per heavy atom. The number of carbonyl (C=O) groups is 1. The number of aromatic nitrogens is 1. The number of hydrogen-bond donors (Lipinski definition) is 2. The lowest BCUT2D eigenvalue weighted by Gasteiger charge is -2.27. The number of para-hydroxylation sites is 2. The van der Waals surface area contributed by atoms with Crippen molar-refractivity contribution in [3.8, 4) is 0 Å². The van der Waals surface area contributed by atoms with Gasteiger partial charge in [-0.1, -0.05) is 12.1 Å². The number of amides is 1. The van der Waals surface area contributed by atoms with Crippen molar-refractivity contribution >= 4 is 17.3 Å². The number of likely N-dealkylation sites (tertiary alicyclic amines) is 1. The molecule has 1 aliphatic rings. The number of rotatable bonds is 5. The lowest BCUT2D eigenvalue weighted by Crippen LogP contribution is -3.15. The summed E-state index contributed by atoms with van der Waals surface area (Å²) in [5.74, 6) is -0.189. The first-order valence-electron chi connectivity index (χ1n) is 8.50. The quantitative estimate of drug-likeness (QED) is 0.640. The van der Waals surface area contributed by atoms with Gasteiger partial charge in [-0.3, -0.25) is 14.9 Å². The van der Waals surface area contributed by atoms with Gasteiger partial charge in [-0.15, -0.1) is 0 Å². The van der Waals surface area contributed by atoms with E-state index in [-0.39, 0.29) is 29.4 Å². The number of hydrogen-bond acceptors (Lipinski definition) is 3. The molecule has 7 heteroatoms. The van der Waals surface area contributed by atoms with Gasteiger partial charge in [0.05, 0.1) is 17.2 Å². The van der Waals surface area contributed by atoms with Crippen molar-refractivity contribution in [2.45, 2.75) is 31.8 Å². The summed E-state index contributed by atoms with van der Waals surface area (Å²) in [4.78, 5) is 24.6. The minimum Gasteiger partial charge on any atom is -0.350 e. The number of nitrogens with one attached hydrogen (secondary N) is 2. The number of aryl methyl sites for hydroxylation is 1. The zero-order chi connectivity index (χ0) is 18.0. The maximum absolute atomic E-state index is 12.7. The molecule has 2 heterocycles. The van der Waals surface area contributed by atoms with Crippen LogP contribution in [0.1, 0.15) is 31.5 Å². The highest BCUT2D eigenvalue weighted by Gasteiger charge is 2.38. The van der Waals surface area contributed by atoms with Crippen molar-refractivity contribution in [3.05, 3.63) is 58.4 Å². The van der Waals surface area contributed by atoms with Gasteiger partial charge in [0.25, 0.3) is 11.6 Å². The molecule has 0 bridgehead atoms. The molecule has 1 aromatic heterocycles. The second-order valence-corrected chi connectivity index (χ2v) is 6.55. The highest BCUT2D eigenvalue weighted by Crippen LogP contribution is 2.24. The van der Waals surface area contributed by atoms with E-state index in [2.05, 4.69) is 16.0 Å². The fourth-order valence-corrected chi connectivity index (χ4v) is 3.71. The van der Waals surface area contributed by atoms with Crippen molar-refractivity contribution in [2.24, 2.45) is 7.05 Å². The molecule has 1 saturated heterocycles. The Morgan fingerprint density at radius 1 is 1.36 bits per heavy atom. The molecule has 1 fully saturated rings. The third-order valence-electron chi connectivity index (χ3n) is 5.05. The van der Waals surface area contributed by atoms with Gasteiger partial charge in [-0.2, -0.15) is 0 Å². The Balaban J connectivity index is 1.76. The summed E-state index contributed by atoms with van der Waals surface area (Å²) in [6, 6.07) is 10.3. The smallest absolute Gasteiger partial charge is 0.292 e. The summed E-state index contributed by atoms with van der Waals surface area (Å²) in [6.45, 7) is 2.81. The van der Waals surface area contributed by atoms with Crippen LogP contribution in [0, 0.1) is 10.1 Å². The van der Waals surface area contributed by atoms with Crippen LogP contribution in [0.2, 0.25) is 0 Å². The minimum atomic E-state index is -0.476. The predicted molar refractivity (Wildman–Crippen MR) is 94.4 cm³/mol. The van der Waals surface area contributed by atoms with E-state index in [1.165, 1.54) is 16.7 Å². The Bertz CT molecular complexity index is 786. The van der Waals surface area contributed by atoms with Gasteiger partial charge in [0, 0.05) is 32.2 Å². The molecule has 2 aromatic rings. The molecule has 0 aliphatic carbocycles. The van der Waals surface area contributed by atoms with E-state index >= 15 is 0 Å². The van der Waals surface area contributed by atoms with E-state index in [0.29, 0.717) is 0 Å². The zero-order valence-corrected chi connectivity index (χ0v) is 14.4. The van der Waals surface area contributed by atoms with E-state index in [1.54, 1.807) is 18.2 Å². The van der Waals surface area contributed by atoms with Crippen molar-refractivity contribution in [2.75, 3.05) is 11.9 Å². The average Bonchev–Trinajstić information content (AvgIpc) is 3.22. The van der Waals surface area contributed by atoms with Crippen LogP contribution >= 0.6 is 0 Å². The van der Waals surface area contributed by atoms with Gasteiger partial charge >= 0.3 is 0 Å². The second kappa shape index (κ2) is 7.06. The fourth-order valence-electron chi connectivity index (χ4n) is 3.71. The fraction of sp³-hybridized carbons (Fsp3) is 0.389. The van der Waals surface area contributed by atoms with E-state index in [0.717, 1.165) is 19.4 Å². The number of anilines is 1. The van der Waals surface area contributed by atoms with Gasteiger partial charge in [0.2, 0.25) is 0 Å².